The van der Waals surface area contributed by atoms with E-state index in [0.717, 1.165) is 39.4 Å². The van der Waals surface area contributed by atoms with Crippen LogP contribution >= 0.6 is 11.8 Å². The number of amides is 2. The van der Waals surface area contributed by atoms with Gasteiger partial charge in [0.25, 0.3) is 11.1 Å². The van der Waals surface area contributed by atoms with E-state index in [1.54, 1.807) is 19.3 Å². The number of hydrogen-bond acceptors (Lipinski definition) is 4. The van der Waals surface area contributed by atoms with Gasteiger partial charge in [0.1, 0.15) is 5.75 Å². The largest absolute Gasteiger partial charge is 0.497 e. The normalized spacial score (nSPS) is 15.8. The Bertz CT molecular complexity index is 1130. The quantitative estimate of drug-likeness (QED) is 0.519. The first-order valence-electron chi connectivity index (χ1n) is 9.18. The molecule has 1 heterocycles. The fraction of sp³-hybridized carbons (Fsp3) is 0.0833. The van der Waals surface area contributed by atoms with Gasteiger partial charge in [0.2, 0.25) is 0 Å². The molecule has 3 aromatic rings. The summed E-state index contributed by atoms with van der Waals surface area (Å²) < 4.78 is 5.14. The van der Waals surface area contributed by atoms with E-state index in [4.69, 9.17) is 4.74 Å². The van der Waals surface area contributed by atoms with Gasteiger partial charge in [-0.25, -0.2) is 0 Å². The maximum Gasteiger partial charge on any atom is 0.293 e. The maximum atomic E-state index is 12.7. The van der Waals surface area contributed by atoms with Crippen molar-refractivity contribution >= 4 is 39.8 Å². The number of fused-ring (bicyclic) bond motifs is 1. The Labute approximate surface area is 173 Å². The lowest BCUT2D eigenvalue weighted by Crippen LogP contribution is -2.27. The SMILES string of the molecule is COc1ccc(/C=C/C=C2/SC(=O)N(Cc3cccc4ccccc34)C2=O)cc1. The number of rotatable bonds is 5. The van der Waals surface area contributed by atoms with Crippen LogP contribution in [0.3, 0.4) is 0 Å². The average Bonchev–Trinajstić information content (AvgIpc) is 3.02. The molecule has 0 N–H and O–H groups in total. The lowest BCUT2D eigenvalue weighted by Gasteiger charge is -2.14. The van der Waals surface area contributed by atoms with E-state index in [1.807, 2.05) is 72.8 Å². The predicted octanol–water partition coefficient (Wildman–Crippen LogP) is 5.64. The molecule has 0 aromatic heterocycles. The van der Waals surface area contributed by atoms with Crippen LogP contribution in [-0.4, -0.2) is 23.2 Å². The van der Waals surface area contributed by atoms with Gasteiger partial charge in [-0.05, 0) is 51.9 Å². The lowest BCUT2D eigenvalue weighted by atomic mass is 10.0. The maximum absolute atomic E-state index is 12.7. The Kier molecular flexibility index (Phi) is 5.49. The van der Waals surface area contributed by atoms with Gasteiger partial charge in [0.15, 0.2) is 0 Å². The monoisotopic (exact) mass is 401 g/mol. The van der Waals surface area contributed by atoms with Crippen LogP contribution in [0.1, 0.15) is 11.1 Å². The molecule has 144 valence electrons. The predicted molar refractivity (Wildman–Crippen MR) is 118 cm³/mol. The van der Waals surface area contributed by atoms with E-state index in [-0.39, 0.29) is 17.7 Å². The third-order valence-corrected chi connectivity index (χ3v) is 5.66. The molecule has 4 nitrogen and oxygen atoms in total. The first kappa shape index (κ1) is 19.0. The zero-order valence-corrected chi connectivity index (χ0v) is 16.7. The number of methoxy groups -OCH3 is 1. The highest BCUT2D eigenvalue weighted by Crippen LogP contribution is 2.33. The molecule has 0 radical (unpaired) electrons. The van der Waals surface area contributed by atoms with Crippen molar-refractivity contribution in [3.8, 4) is 5.75 Å². The van der Waals surface area contributed by atoms with Crippen molar-refractivity contribution in [1.82, 2.24) is 4.90 Å². The Hall–Kier alpha value is -3.31. The van der Waals surface area contributed by atoms with Crippen LogP contribution in [0.25, 0.3) is 16.8 Å². The van der Waals surface area contributed by atoms with Gasteiger partial charge in [-0.1, -0.05) is 66.7 Å². The highest BCUT2D eigenvalue weighted by atomic mass is 32.2. The minimum atomic E-state index is -0.257. The number of benzene rings is 3. The van der Waals surface area contributed by atoms with Gasteiger partial charge < -0.3 is 4.74 Å². The number of ether oxygens (including phenoxy) is 1. The molecule has 1 fully saturated rings. The fourth-order valence-electron chi connectivity index (χ4n) is 3.21. The minimum absolute atomic E-state index is 0.243. The molecule has 2 amide bonds. The molecule has 3 aromatic carbocycles. The van der Waals surface area contributed by atoms with Crippen LogP contribution in [0.4, 0.5) is 4.79 Å². The molecule has 5 heteroatoms. The van der Waals surface area contributed by atoms with Gasteiger partial charge in [-0.15, -0.1) is 0 Å². The van der Waals surface area contributed by atoms with Gasteiger partial charge >= 0.3 is 0 Å². The van der Waals surface area contributed by atoms with E-state index >= 15 is 0 Å². The van der Waals surface area contributed by atoms with Crippen molar-refractivity contribution in [3.63, 3.8) is 0 Å². The third-order valence-electron chi connectivity index (χ3n) is 4.73. The number of allylic oxidation sites excluding steroid dienone is 2. The van der Waals surface area contributed by atoms with Crippen molar-refractivity contribution < 1.29 is 14.3 Å². The molecule has 0 saturated carbocycles. The highest BCUT2D eigenvalue weighted by Gasteiger charge is 2.34. The smallest absolute Gasteiger partial charge is 0.293 e. The molecule has 1 aliphatic heterocycles. The molecule has 0 spiro atoms. The molecule has 0 bridgehead atoms. The summed E-state index contributed by atoms with van der Waals surface area (Å²) >= 11 is 0.975. The van der Waals surface area contributed by atoms with Gasteiger partial charge in [0.05, 0.1) is 18.6 Å². The molecule has 0 atom stereocenters. The Morgan fingerprint density at radius 3 is 2.52 bits per heavy atom. The van der Waals surface area contributed by atoms with Gasteiger partial charge in [0, 0.05) is 0 Å². The minimum Gasteiger partial charge on any atom is -0.497 e. The van der Waals surface area contributed by atoms with E-state index in [9.17, 15) is 9.59 Å². The molecule has 0 aliphatic carbocycles. The molecule has 1 aliphatic rings. The standard InChI is InChI=1S/C24H19NO3S/c1-28-20-14-12-17(13-15-20)6-4-11-22-23(26)25(24(27)29-22)16-19-9-5-8-18-7-2-3-10-21(18)19/h2-15H,16H2,1H3/b6-4+,22-11+. The van der Waals surface area contributed by atoms with Crippen LogP contribution in [-0.2, 0) is 11.3 Å². The average molecular weight is 401 g/mol. The summed E-state index contributed by atoms with van der Waals surface area (Å²) in [5.74, 6) is 0.532. The number of carbonyl (C=O) groups is 2. The van der Waals surface area contributed by atoms with Crippen LogP contribution in [0, 0.1) is 0 Å². The summed E-state index contributed by atoms with van der Waals surface area (Å²) in [6.07, 6.45) is 5.37. The number of nitrogens with zero attached hydrogens (tertiary/aromatic N) is 1. The van der Waals surface area contributed by atoms with Crippen LogP contribution < -0.4 is 4.74 Å². The Balaban J connectivity index is 1.50. The Morgan fingerprint density at radius 1 is 0.966 bits per heavy atom. The van der Waals surface area contributed by atoms with Crippen molar-refractivity contribution in [3.05, 3.63) is 94.9 Å². The number of hydrogen-bond donors (Lipinski definition) is 0. The molecule has 0 unspecified atom stereocenters. The molecule has 4 rings (SSSR count). The second-order valence-electron chi connectivity index (χ2n) is 6.56. The summed E-state index contributed by atoms with van der Waals surface area (Å²) in [6, 6.07) is 21.5. The summed E-state index contributed by atoms with van der Waals surface area (Å²) in [4.78, 5) is 26.9. The summed E-state index contributed by atoms with van der Waals surface area (Å²) in [5, 5.41) is 1.90. The molecule has 29 heavy (non-hydrogen) atoms. The molecular weight excluding hydrogens is 382 g/mol. The number of carbonyl (C=O) groups excluding carboxylic acids is 2. The van der Waals surface area contributed by atoms with Gasteiger partial charge in [-0.3, -0.25) is 14.5 Å². The topological polar surface area (TPSA) is 46.6 Å². The second kappa shape index (κ2) is 8.37. The van der Waals surface area contributed by atoms with Crippen molar-refractivity contribution in [2.75, 3.05) is 7.11 Å². The summed E-state index contributed by atoms with van der Waals surface area (Å²) in [6.45, 7) is 0.269. The zero-order chi connectivity index (χ0) is 20.2. The van der Waals surface area contributed by atoms with Crippen molar-refractivity contribution in [2.45, 2.75) is 6.54 Å². The molecule has 1 saturated heterocycles. The van der Waals surface area contributed by atoms with Crippen LogP contribution in [0.2, 0.25) is 0 Å². The first-order chi connectivity index (χ1) is 14.2. The third kappa shape index (κ3) is 4.10. The van der Waals surface area contributed by atoms with Crippen LogP contribution in [0.5, 0.6) is 5.75 Å². The molecular formula is C24H19NO3S. The summed E-state index contributed by atoms with van der Waals surface area (Å²) in [7, 11) is 1.62. The van der Waals surface area contributed by atoms with Gasteiger partial charge in [-0.2, -0.15) is 0 Å². The van der Waals surface area contributed by atoms with E-state index in [1.165, 1.54) is 4.90 Å². The van der Waals surface area contributed by atoms with E-state index in [0.29, 0.717) is 4.91 Å². The van der Waals surface area contributed by atoms with Crippen LogP contribution in [0.15, 0.2) is 83.8 Å². The first-order valence-corrected chi connectivity index (χ1v) is 10.00. The van der Waals surface area contributed by atoms with E-state index in [2.05, 4.69) is 0 Å². The zero-order valence-electron chi connectivity index (χ0n) is 15.9. The number of thioether (sulfide) groups is 1. The Morgan fingerprint density at radius 2 is 1.72 bits per heavy atom. The lowest BCUT2D eigenvalue weighted by molar-refractivity contribution is -0.123. The fourth-order valence-corrected chi connectivity index (χ4v) is 4.00. The van der Waals surface area contributed by atoms with E-state index < -0.39 is 0 Å². The van der Waals surface area contributed by atoms with Crippen molar-refractivity contribution in [2.24, 2.45) is 0 Å². The number of imide groups is 1. The van der Waals surface area contributed by atoms with Crippen molar-refractivity contribution in [1.29, 1.82) is 0 Å². The highest BCUT2D eigenvalue weighted by molar-refractivity contribution is 8.18. The second-order valence-corrected chi connectivity index (χ2v) is 7.55. The summed E-state index contributed by atoms with van der Waals surface area (Å²) in [5.41, 5.74) is 1.94.